The molecule has 2 aromatic rings. The van der Waals surface area contributed by atoms with Crippen LogP contribution in [0, 0.1) is 12.3 Å². The quantitative estimate of drug-likeness (QED) is 0.718. The van der Waals surface area contributed by atoms with Crippen molar-refractivity contribution in [2.45, 2.75) is 32.6 Å². The van der Waals surface area contributed by atoms with E-state index < -0.39 is 0 Å². The normalized spacial score (nSPS) is 18.9. The molecule has 2 amide bonds. The molecule has 0 unspecified atom stereocenters. The third-order valence-electron chi connectivity index (χ3n) is 6.35. The highest BCUT2D eigenvalue weighted by atomic mass is 16.6. The Kier molecular flexibility index (Phi) is 6.46. The van der Waals surface area contributed by atoms with Crippen LogP contribution < -0.4 is 5.32 Å². The number of amides is 2. The molecule has 0 atom stereocenters. The van der Waals surface area contributed by atoms with Crippen molar-refractivity contribution in [2.24, 2.45) is 5.41 Å². The zero-order valence-corrected chi connectivity index (χ0v) is 17.9. The van der Waals surface area contributed by atoms with E-state index in [1.807, 2.05) is 23.1 Å². The van der Waals surface area contributed by atoms with Crippen LogP contribution in [0.3, 0.4) is 0 Å². The van der Waals surface area contributed by atoms with Crippen LogP contribution in [-0.2, 0) is 16.0 Å². The molecule has 4 rings (SSSR count). The minimum absolute atomic E-state index is 0.147. The number of nitrogens with one attached hydrogen (secondary N) is 1. The van der Waals surface area contributed by atoms with Crippen molar-refractivity contribution in [3.05, 3.63) is 53.7 Å². The second-order valence-electron chi connectivity index (χ2n) is 8.47. The van der Waals surface area contributed by atoms with Gasteiger partial charge in [0.2, 0.25) is 11.8 Å². The molecule has 31 heavy (non-hydrogen) atoms. The van der Waals surface area contributed by atoms with E-state index in [-0.39, 0.29) is 23.8 Å². The molecule has 1 N–H and O–H groups in total. The fraction of sp³-hybridized carbons (Fsp3) is 0.478. The number of hydrogen-bond donors (Lipinski definition) is 1. The van der Waals surface area contributed by atoms with E-state index in [1.54, 1.807) is 6.92 Å². The second-order valence-corrected chi connectivity index (χ2v) is 8.47. The van der Waals surface area contributed by atoms with Gasteiger partial charge in [0.05, 0.1) is 12.0 Å². The second kappa shape index (κ2) is 9.43. The molecular weight excluding hydrogens is 394 g/mol. The van der Waals surface area contributed by atoms with Crippen LogP contribution in [0.1, 0.15) is 30.5 Å². The monoisotopic (exact) mass is 423 g/mol. The Bertz CT molecular complexity index is 932. The molecule has 1 aromatic heterocycles. The van der Waals surface area contributed by atoms with Gasteiger partial charge in [0, 0.05) is 13.1 Å². The average Bonchev–Trinajstić information content (AvgIpc) is 3.12. The first-order valence-electron chi connectivity index (χ1n) is 10.9. The molecule has 0 bridgehead atoms. The van der Waals surface area contributed by atoms with Crippen molar-refractivity contribution < 1.29 is 14.2 Å². The van der Waals surface area contributed by atoms with Gasteiger partial charge in [-0.3, -0.25) is 14.5 Å². The van der Waals surface area contributed by atoms with Gasteiger partial charge in [-0.1, -0.05) is 47.6 Å². The average molecular weight is 424 g/mol. The largest absolute Gasteiger partial charge is 0.338 e. The lowest BCUT2D eigenvalue weighted by Gasteiger charge is -2.41. The van der Waals surface area contributed by atoms with Crippen molar-refractivity contribution in [1.82, 2.24) is 20.1 Å². The van der Waals surface area contributed by atoms with Crippen LogP contribution in [0.4, 0.5) is 5.82 Å². The number of benzene rings is 1. The highest BCUT2D eigenvalue weighted by Gasteiger charge is 2.43. The van der Waals surface area contributed by atoms with Crippen molar-refractivity contribution in [1.29, 1.82) is 0 Å². The summed E-state index contributed by atoms with van der Waals surface area (Å²) in [6.45, 7) is 4.83. The van der Waals surface area contributed by atoms with Crippen molar-refractivity contribution in [3.8, 4) is 0 Å². The lowest BCUT2D eigenvalue weighted by atomic mass is 9.74. The third-order valence-corrected chi connectivity index (χ3v) is 6.35. The van der Waals surface area contributed by atoms with Gasteiger partial charge >= 0.3 is 0 Å². The fourth-order valence-electron chi connectivity index (χ4n) is 4.39. The molecule has 8 nitrogen and oxygen atoms in total. The molecule has 0 radical (unpaired) electrons. The summed E-state index contributed by atoms with van der Waals surface area (Å²) >= 11 is 0. The summed E-state index contributed by atoms with van der Waals surface area (Å²) in [5.41, 5.74) is 1.44. The number of likely N-dealkylation sites (tertiary alicyclic amines) is 1. The predicted octanol–water partition coefficient (Wildman–Crippen LogP) is 2.43. The van der Waals surface area contributed by atoms with E-state index in [4.69, 9.17) is 0 Å². The molecule has 2 aliphatic rings. The van der Waals surface area contributed by atoms with Gasteiger partial charge in [-0.25, -0.2) is 4.63 Å². The maximum atomic E-state index is 13.5. The van der Waals surface area contributed by atoms with Crippen LogP contribution in [0.2, 0.25) is 0 Å². The fourth-order valence-corrected chi connectivity index (χ4v) is 4.39. The Morgan fingerprint density at radius 1 is 1.16 bits per heavy atom. The Labute approximate surface area is 182 Å². The van der Waals surface area contributed by atoms with E-state index in [2.05, 4.69) is 49.4 Å². The third kappa shape index (κ3) is 5.02. The SMILES string of the molecule is Cc1nonc1NC(=O)CN1CCC2(CC=CCN(CCc3ccccc3)C2=O)CC1. The number of aryl methyl sites for hydroxylation is 1. The van der Waals surface area contributed by atoms with Crippen LogP contribution in [0.5, 0.6) is 0 Å². The standard InChI is InChI=1S/C23H29N5O3/c1-18-21(26-31-25-18)24-20(29)17-27-15-11-23(12-16-27)10-5-6-13-28(22(23)30)14-9-19-7-3-2-4-8-19/h2-8H,9-17H2,1H3,(H,24,26,29). The summed E-state index contributed by atoms with van der Waals surface area (Å²) in [5.74, 6) is 0.463. The Morgan fingerprint density at radius 2 is 1.94 bits per heavy atom. The van der Waals surface area contributed by atoms with Crippen LogP contribution in [0.15, 0.2) is 47.1 Å². The molecule has 0 aliphatic carbocycles. The molecule has 3 heterocycles. The first-order valence-corrected chi connectivity index (χ1v) is 10.9. The maximum Gasteiger partial charge on any atom is 0.239 e. The summed E-state index contributed by atoms with van der Waals surface area (Å²) in [4.78, 5) is 29.9. The first kappa shape index (κ1) is 21.2. The number of anilines is 1. The molecular formula is C23H29N5O3. The van der Waals surface area contributed by atoms with E-state index in [0.717, 1.165) is 45.3 Å². The number of piperidine rings is 1. The summed E-state index contributed by atoms with van der Waals surface area (Å²) in [6, 6.07) is 10.3. The highest BCUT2D eigenvalue weighted by molar-refractivity contribution is 5.91. The topological polar surface area (TPSA) is 91.6 Å². The minimum atomic E-state index is -0.358. The summed E-state index contributed by atoms with van der Waals surface area (Å²) in [6.07, 6.45) is 7.43. The number of nitrogens with zero attached hydrogens (tertiary/aromatic N) is 4. The number of allylic oxidation sites excluding steroid dienone is 1. The van der Waals surface area contributed by atoms with Crippen LogP contribution in [0.25, 0.3) is 0 Å². The lowest BCUT2D eigenvalue weighted by Crippen LogP contribution is -2.51. The van der Waals surface area contributed by atoms with E-state index in [0.29, 0.717) is 18.1 Å². The van der Waals surface area contributed by atoms with Gasteiger partial charge in [-0.05, 0) is 56.4 Å². The van der Waals surface area contributed by atoms with Crippen molar-refractivity contribution in [2.75, 3.05) is 38.0 Å². The number of aromatic nitrogens is 2. The molecule has 1 saturated heterocycles. The molecule has 1 spiro atoms. The van der Waals surface area contributed by atoms with Gasteiger partial charge in [0.25, 0.3) is 0 Å². The van der Waals surface area contributed by atoms with Gasteiger partial charge in [-0.15, -0.1) is 0 Å². The highest BCUT2D eigenvalue weighted by Crippen LogP contribution is 2.38. The summed E-state index contributed by atoms with van der Waals surface area (Å²) < 4.78 is 4.62. The molecule has 164 valence electrons. The van der Waals surface area contributed by atoms with Gasteiger partial charge < -0.3 is 10.2 Å². The van der Waals surface area contributed by atoms with Crippen molar-refractivity contribution in [3.63, 3.8) is 0 Å². The predicted molar refractivity (Wildman–Crippen MR) is 116 cm³/mol. The molecule has 0 saturated carbocycles. The zero-order chi connectivity index (χ0) is 21.7. The summed E-state index contributed by atoms with van der Waals surface area (Å²) in [7, 11) is 0. The van der Waals surface area contributed by atoms with Gasteiger partial charge in [0.15, 0.2) is 5.82 Å². The molecule has 2 aliphatic heterocycles. The Hall–Kier alpha value is -3.00. The van der Waals surface area contributed by atoms with E-state index in [1.165, 1.54) is 5.56 Å². The van der Waals surface area contributed by atoms with E-state index in [9.17, 15) is 9.59 Å². The Balaban J connectivity index is 1.32. The lowest BCUT2D eigenvalue weighted by molar-refractivity contribution is -0.144. The Morgan fingerprint density at radius 3 is 2.65 bits per heavy atom. The number of carbonyl (C=O) groups excluding carboxylic acids is 2. The van der Waals surface area contributed by atoms with Crippen LogP contribution in [-0.4, -0.2) is 64.7 Å². The maximum absolute atomic E-state index is 13.5. The molecule has 1 aromatic carbocycles. The van der Waals surface area contributed by atoms with E-state index >= 15 is 0 Å². The van der Waals surface area contributed by atoms with Gasteiger partial charge in [-0.2, -0.15) is 0 Å². The van der Waals surface area contributed by atoms with Gasteiger partial charge in [0.1, 0.15) is 5.69 Å². The van der Waals surface area contributed by atoms with Crippen LogP contribution >= 0.6 is 0 Å². The summed E-state index contributed by atoms with van der Waals surface area (Å²) in [5, 5.41) is 10.1. The molecule has 1 fully saturated rings. The number of hydrogen-bond acceptors (Lipinski definition) is 6. The number of rotatable bonds is 6. The number of carbonyl (C=O) groups is 2. The smallest absolute Gasteiger partial charge is 0.239 e. The first-order chi connectivity index (χ1) is 15.1. The minimum Gasteiger partial charge on any atom is -0.338 e. The zero-order valence-electron chi connectivity index (χ0n) is 17.9. The molecule has 8 heteroatoms. The van der Waals surface area contributed by atoms with Crippen molar-refractivity contribution >= 4 is 17.6 Å².